The molecule has 5 nitrogen and oxygen atoms in total. The number of halogens is 2. The molecule has 0 saturated carbocycles. The second-order valence-corrected chi connectivity index (χ2v) is 7.60. The minimum atomic E-state index is -1.39. The van der Waals surface area contributed by atoms with Crippen molar-refractivity contribution in [1.29, 1.82) is 0 Å². The number of allylic oxidation sites excluding steroid dienone is 7. The van der Waals surface area contributed by atoms with Crippen LogP contribution in [0.1, 0.15) is 34.1 Å². The molecule has 1 aliphatic heterocycles. The molecule has 0 bridgehead atoms. The van der Waals surface area contributed by atoms with Crippen LogP contribution >= 0.6 is 34.2 Å². The Kier molecular flexibility index (Phi) is 8.88. The van der Waals surface area contributed by atoms with Gasteiger partial charge in [-0.15, -0.1) is 0 Å². The van der Waals surface area contributed by atoms with Crippen LogP contribution < -0.4 is 5.32 Å². The number of carbonyl (C=O) groups is 1. The average molecular weight is 479 g/mol. The Morgan fingerprint density at radius 2 is 2.04 bits per heavy atom. The van der Waals surface area contributed by atoms with E-state index in [2.05, 4.69) is 32.9 Å². The molecule has 1 heterocycles. The predicted molar refractivity (Wildman–Crippen MR) is 111 cm³/mol. The molecule has 0 aliphatic carbocycles. The fourth-order valence-electron chi connectivity index (χ4n) is 2.34. The van der Waals surface area contributed by atoms with Crippen LogP contribution in [0.3, 0.4) is 0 Å². The Morgan fingerprint density at radius 1 is 1.40 bits per heavy atom. The number of aliphatic imine (C=N–C) groups is 1. The molecule has 138 valence electrons. The molecule has 1 rings (SSSR count). The highest BCUT2D eigenvalue weighted by molar-refractivity contribution is 14.1. The van der Waals surface area contributed by atoms with Crippen LogP contribution in [-0.4, -0.2) is 36.7 Å². The Labute approximate surface area is 167 Å². The molecule has 0 fully saturated rings. The second-order valence-electron chi connectivity index (χ2n) is 5.71. The maximum absolute atomic E-state index is 12.0. The number of methoxy groups -OCH3 is 1. The lowest BCUT2D eigenvalue weighted by Crippen LogP contribution is -2.29. The molecular weight excluding hydrogens is 455 g/mol. The first-order valence-electron chi connectivity index (χ1n) is 7.79. The smallest absolute Gasteiger partial charge is 0.339 e. The average Bonchev–Trinajstić information content (AvgIpc) is 2.61. The molecule has 0 amide bonds. The van der Waals surface area contributed by atoms with E-state index in [1.165, 1.54) is 7.11 Å². The van der Waals surface area contributed by atoms with Gasteiger partial charge in [0.1, 0.15) is 6.67 Å². The second kappa shape index (κ2) is 10.1. The van der Waals surface area contributed by atoms with Crippen LogP contribution in [0.5, 0.6) is 0 Å². The predicted octanol–water partition coefficient (Wildman–Crippen LogP) is 3.98. The van der Waals surface area contributed by atoms with E-state index in [1.807, 2.05) is 19.9 Å². The number of ether oxygens (including phenoxy) is 1. The summed E-state index contributed by atoms with van der Waals surface area (Å²) in [7, 11) is 1.26. The molecule has 0 aromatic carbocycles. The van der Waals surface area contributed by atoms with Gasteiger partial charge >= 0.3 is 5.97 Å². The third kappa shape index (κ3) is 6.27. The van der Waals surface area contributed by atoms with Gasteiger partial charge in [0, 0.05) is 32.0 Å². The highest BCUT2D eigenvalue weighted by Crippen LogP contribution is 2.31. The first-order chi connectivity index (χ1) is 11.7. The SMILES string of the molecule is COC(=O)C(O)C1=C(\C(C)=C\C=C(/C)Cl)C/C(I)=C(/C)NC/N=C\1C. The number of nitrogens with zero attached hydrogens (tertiary/aromatic N) is 1. The normalized spacial score (nSPS) is 26.6. The summed E-state index contributed by atoms with van der Waals surface area (Å²) < 4.78 is 5.81. The molecule has 0 saturated heterocycles. The van der Waals surface area contributed by atoms with E-state index < -0.39 is 12.1 Å². The first-order valence-corrected chi connectivity index (χ1v) is 9.25. The summed E-state index contributed by atoms with van der Waals surface area (Å²) >= 11 is 8.20. The fraction of sp³-hybridized carbons (Fsp3) is 0.444. The van der Waals surface area contributed by atoms with E-state index in [9.17, 15) is 9.90 Å². The van der Waals surface area contributed by atoms with E-state index in [4.69, 9.17) is 16.3 Å². The van der Waals surface area contributed by atoms with Crippen molar-refractivity contribution in [2.45, 2.75) is 40.2 Å². The van der Waals surface area contributed by atoms with Crippen molar-refractivity contribution in [2.24, 2.45) is 4.99 Å². The van der Waals surface area contributed by atoms with Crippen LogP contribution in [0.2, 0.25) is 0 Å². The van der Waals surface area contributed by atoms with E-state index in [1.54, 1.807) is 19.9 Å². The first kappa shape index (κ1) is 21.9. The fourth-order valence-corrected chi connectivity index (χ4v) is 2.98. The minimum Gasteiger partial charge on any atom is -0.467 e. The van der Waals surface area contributed by atoms with Crippen molar-refractivity contribution < 1.29 is 14.6 Å². The number of aliphatic hydroxyl groups excluding tert-OH is 1. The quantitative estimate of drug-likeness (QED) is 0.364. The summed E-state index contributed by atoms with van der Waals surface area (Å²) in [6.45, 7) is 7.85. The number of rotatable bonds is 4. The number of hydrogen-bond acceptors (Lipinski definition) is 5. The van der Waals surface area contributed by atoms with Gasteiger partial charge < -0.3 is 15.2 Å². The topological polar surface area (TPSA) is 70.9 Å². The number of aliphatic hydroxyl groups is 1. The minimum absolute atomic E-state index is 0.373. The van der Waals surface area contributed by atoms with Gasteiger partial charge in [-0.3, -0.25) is 4.99 Å². The lowest BCUT2D eigenvalue weighted by molar-refractivity contribution is -0.148. The zero-order valence-corrected chi connectivity index (χ0v) is 18.0. The van der Waals surface area contributed by atoms with Gasteiger partial charge in [0.25, 0.3) is 0 Å². The van der Waals surface area contributed by atoms with Crippen LogP contribution in [0.25, 0.3) is 0 Å². The lowest BCUT2D eigenvalue weighted by atomic mass is 9.91. The summed E-state index contributed by atoms with van der Waals surface area (Å²) in [5.41, 5.74) is 3.82. The Bertz CT molecular complexity index is 686. The number of nitrogens with one attached hydrogen (secondary N) is 1. The van der Waals surface area contributed by atoms with Crippen molar-refractivity contribution >= 4 is 45.9 Å². The van der Waals surface area contributed by atoms with Gasteiger partial charge in [-0.25, -0.2) is 4.79 Å². The van der Waals surface area contributed by atoms with Crippen molar-refractivity contribution in [3.63, 3.8) is 0 Å². The maximum atomic E-state index is 12.0. The highest BCUT2D eigenvalue weighted by atomic mass is 127. The molecule has 0 aromatic rings. The molecule has 1 aliphatic rings. The molecule has 0 radical (unpaired) electrons. The molecule has 0 spiro atoms. The van der Waals surface area contributed by atoms with Crippen LogP contribution in [0.4, 0.5) is 0 Å². The van der Waals surface area contributed by atoms with Crippen molar-refractivity contribution in [2.75, 3.05) is 13.8 Å². The van der Waals surface area contributed by atoms with Gasteiger partial charge in [0.05, 0.1) is 7.11 Å². The molecule has 7 heteroatoms. The maximum Gasteiger partial charge on any atom is 0.339 e. The molecule has 1 atom stereocenters. The van der Waals surface area contributed by atoms with Crippen LogP contribution in [0.15, 0.2) is 48.2 Å². The van der Waals surface area contributed by atoms with Gasteiger partial charge in [-0.1, -0.05) is 17.7 Å². The van der Waals surface area contributed by atoms with Gasteiger partial charge in [-0.05, 0) is 67.5 Å². The summed E-state index contributed by atoms with van der Waals surface area (Å²) in [5, 5.41) is 14.4. The van der Waals surface area contributed by atoms with E-state index in [0.717, 1.165) is 20.4 Å². The van der Waals surface area contributed by atoms with Crippen LogP contribution in [-0.2, 0) is 9.53 Å². The Hall–Kier alpha value is -1.12. The summed E-state index contributed by atoms with van der Waals surface area (Å²) in [6.07, 6.45) is 2.83. The molecule has 2 N–H and O–H groups in total. The van der Waals surface area contributed by atoms with Gasteiger partial charge in [-0.2, -0.15) is 0 Å². The zero-order valence-electron chi connectivity index (χ0n) is 15.1. The molecular formula is C18H24ClIN2O3. The van der Waals surface area contributed by atoms with Crippen LogP contribution in [0, 0.1) is 0 Å². The Balaban J connectivity index is 3.65. The van der Waals surface area contributed by atoms with E-state index >= 15 is 0 Å². The Morgan fingerprint density at radius 3 is 2.60 bits per heavy atom. The van der Waals surface area contributed by atoms with Crippen molar-refractivity contribution in [3.05, 3.63) is 43.2 Å². The third-order valence-electron chi connectivity index (χ3n) is 3.85. The molecule has 25 heavy (non-hydrogen) atoms. The summed E-state index contributed by atoms with van der Waals surface area (Å²) in [4.78, 5) is 16.4. The number of carbonyl (C=O) groups excluding carboxylic acids is 1. The third-order valence-corrected chi connectivity index (χ3v) is 5.17. The van der Waals surface area contributed by atoms with Crippen molar-refractivity contribution in [3.8, 4) is 0 Å². The standard InChI is InChI=1S/C18H24ClIN2O3/c1-10(6-7-11(2)19)14-8-15(20)12(3)21-9-22-13(4)16(14)17(23)18(24)25-5/h6-7,17,21,23H,8-9H2,1-5H3/b10-6+,11-7+,15-12+,16-14-,22-13-. The number of esters is 1. The monoisotopic (exact) mass is 478 g/mol. The zero-order chi connectivity index (χ0) is 19.1. The largest absolute Gasteiger partial charge is 0.467 e. The molecule has 1 unspecified atom stereocenters. The van der Waals surface area contributed by atoms with E-state index in [0.29, 0.717) is 29.4 Å². The highest BCUT2D eigenvalue weighted by Gasteiger charge is 2.27. The van der Waals surface area contributed by atoms with E-state index in [-0.39, 0.29) is 0 Å². The summed E-state index contributed by atoms with van der Waals surface area (Å²) in [5.74, 6) is -0.707. The van der Waals surface area contributed by atoms with Gasteiger partial charge in [0.15, 0.2) is 6.10 Å². The summed E-state index contributed by atoms with van der Waals surface area (Å²) in [6, 6.07) is 0. The van der Waals surface area contributed by atoms with Gasteiger partial charge in [0.2, 0.25) is 0 Å². The van der Waals surface area contributed by atoms with Crippen molar-refractivity contribution in [1.82, 2.24) is 5.32 Å². The molecule has 0 aromatic heterocycles. The number of hydrogen-bond donors (Lipinski definition) is 2. The lowest BCUT2D eigenvalue weighted by Gasteiger charge is -2.19.